The van der Waals surface area contributed by atoms with E-state index in [9.17, 15) is 9.59 Å². The molecule has 0 radical (unpaired) electrons. The second-order valence-electron chi connectivity index (χ2n) is 2.58. The molecule has 12 heavy (non-hydrogen) atoms. The Kier molecular flexibility index (Phi) is 2.47. The number of ether oxygens (including phenoxy) is 2. The molecule has 0 fully saturated rings. The summed E-state index contributed by atoms with van der Waals surface area (Å²) in [5, 5.41) is 0. The van der Waals surface area contributed by atoms with Gasteiger partial charge in [0.1, 0.15) is 6.10 Å². The number of carbonyl (C=O) groups excluding carboxylic acids is 2. The molecule has 0 unspecified atom stereocenters. The first-order valence-corrected chi connectivity index (χ1v) is 3.65. The fourth-order valence-electron chi connectivity index (χ4n) is 0.946. The second-order valence-corrected chi connectivity index (χ2v) is 2.58. The fraction of sp³-hybridized carbons (Fsp3) is 0.500. The number of cyclic esters (lactones) is 1. The van der Waals surface area contributed by atoms with E-state index in [0.29, 0.717) is 0 Å². The van der Waals surface area contributed by atoms with Crippen LogP contribution in [0.25, 0.3) is 0 Å². The minimum absolute atomic E-state index is 0.380. The van der Waals surface area contributed by atoms with Crippen LogP contribution in [0.5, 0.6) is 0 Å². The van der Waals surface area contributed by atoms with Crippen molar-refractivity contribution in [2.24, 2.45) is 0 Å². The van der Waals surface area contributed by atoms with Gasteiger partial charge in [-0.05, 0) is 13.0 Å². The first-order chi connectivity index (χ1) is 5.59. The van der Waals surface area contributed by atoms with Crippen LogP contribution in [-0.4, -0.2) is 24.1 Å². The predicted molar refractivity (Wildman–Crippen MR) is 40.2 cm³/mol. The molecule has 4 nitrogen and oxygen atoms in total. The Labute approximate surface area is 70.1 Å². The van der Waals surface area contributed by atoms with E-state index < -0.39 is 18.2 Å². The zero-order valence-corrected chi connectivity index (χ0v) is 6.94. The maximum Gasteiger partial charge on any atom is 0.330 e. The largest absolute Gasteiger partial charge is 0.455 e. The van der Waals surface area contributed by atoms with Crippen molar-refractivity contribution in [1.82, 2.24) is 0 Å². The van der Waals surface area contributed by atoms with Crippen LogP contribution in [0.3, 0.4) is 0 Å². The summed E-state index contributed by atoms with van der Waals surface area (Å²) in [4.78, 5) is 21.2. The summed E-state index contributed by atoms with van der Waals surface area (Å²) in [6, 6.07) is 0. The van der Waals surface area contributed by atoms with Crippen LogP contribution in [-0.2, 0) is 19.1 Å². The van der Waals surface area contributed by atoms with Gasteiger partial charge in [-0.15, -0.1) is 0 Å². The summed E-state index contributed by atoms with van der Waals surface area (Å²) in [5.74, 6) is -0.777. The van der Waals surface area contributed by atoms with Gasteiger partial charge in [0, 0.05) is 13.0 Å². The van der Waals surface area contributed by atoms with Crippen LogP contribution >= 0.6 is 0 Å². The molecular formula is C8H10O4. The molecule has 0 N–H and O–H groups in total. The lowest BCUT2D eigenvalue weighted by molar-refractivity contribution is -0.160. The zero-order chi connectivity index (χ0) is 9.14. The van der Waals surface area contributed by atoms with Gasteiger partial charge in [0.15, 0.2) is 6.10 Å². The van der Waals surface area contributed by atoms with E-state index in [1.807, 2.05) is 0 Å². The minimum atomic E-state index is -0.444. The molecular weight excluding hydrogens is 160 g/mol. The Hall–Kier alpha value is -1.32. The summed E-state index contributed by atoms with van der Waals surface area (Å²) in [6.07, 6.45) is 1.94. The highest BCUT2D eigenvalue weighted by molar-refractivity contribution is 5.83. The number of hydrogen-bond acceptors (Lipinski definition) is 4. The van der Waals surface area contributed by atoms with Crippen LogP contribution in [0.15, 0.2) is 12.2 Å². The average molecular weight is 170 g/mol. The summed E-state index contributed by atoms with van der Waals surface area (Å²) < 4.78 is 9.65. The summed E-state index contributed by atoms with van der Waals surface area (Å²) in [6.45, 7) is 2.99. The molecule has 0 aromatic heterocycles. The van der Waals surface area contributed by atoms with Gasteiger partial charge in [0.05, 0.1) is 0 Å². The Morgan fingerprint density at radius 2 is 2.33 bits per heavy atom. The lowest BCUT2D eigenvalue weighted by atomic mass is 10.2. The van der Waals surface area contributed by atoms with Crippen LogP contribution in [0.4, 0.5) is 0 Å². The van der Waals surface area contributed by atoms with Crippen molar-refractivity contribution in [1.29, 1.82) is 0 Å². The Morgan fingerprint density at radius 3 is 2.83 bits per heavy atom. The van der Waals surface area contributed by atoms with Gasteiger partial charge in [0.2, 0.25) is 0 Å². The van der Waals surface area contributed by atoms with Crippen molar-refractivity contribution in [2.75, 3.05) is 0 Å². The van der Waals surface area contributed by atoms with Crippen LogP contribution in [0, 0.1) is 0 Å². The van der Waals surface area contributed by atoms with Gasteiger partial charge < -0.3 is 9.47 Å². The van der Waals surface area contributed by atoms with Gasteiger partial charge in [0.25, 0.3) is 0 Å². The van der Waals surface area contributed by atoms with Gasteiger partial charge in [-0.25, -0.2) is 4.79 Å². The highest BCUT2D eigenvalue weighted by Crippen LogP contribution is 2.11. The van der Waals surface area contributed by atoms with E-state index in [4.69, 9.17) is 9.47 Å². The van der Waals surface area contributed by atoms with Crippen molar-refractivity contribution >= 4 is 11.9 Å². The lowest BCUT2D eigenvalue weighted by Crippen LogP contribution is -2.33. The third-order valence-electron chi connectivity index (χ3n) is 1.49. The Balaban J connectivity index is 2.60. The molecule has 2 atom stereocenters. The average Bonchev–Trinajstić information content (AvgIpc) is 1.94. The first-order valence-electron chi connectivity index (χ1n) is 3.65. The molecule has 0 aliphatic carbocycles. The smallest absolute Gasteiger partial charge is 0.330 e. The normalized spacial score (nSPS) is 28.0. The SMILES string of the molecule is CC(=O)O[C@@H]1C=CC(=O)O[C@@H]1C. The van der Waals surface area contributed by atoms with E-state index >= 15 is 0 Å². The minimum Gasteiger partial charge on any atom is -0.455 e. The molecule has 66 valence electrons. The van der Waals surface area contributed by atoms with Gasteiger partial charge in [-0.2, -0.15) is 0 Å². The molecule has 1 heterocycles. The molecule has 0 saturated carbocycles. The highest BCUT2D eigenvalue weighted by atomic mass is 16.6. The van der Waals surface area contributed by atoms with Crippen LogP contribution in [0.2, 0.25) is 0 Å². The fourth-order valence-corrected chi connectivity index (χ4v) is 0.946. The third-order valence-corrected chi connectivity index (χ3v) is 1.49. The van der Waals surface area contributed by atoms with Crippen molar-refractivity contribution < 1.29 is 19.1 Å². The molecule has 0 saturated heterocycles. The van der Waals surface area contributed by atoms with Gasteiger partial charge in [-0.1, -0.05) is 0 Å². The standard InChI is InChI=1S/C8H10O4/c1-5-7(12-6(2)9)3-4-8(10)11-5/h3-5,7H,1-2H3/t5-,7-/m1/s1. The van der Waals surface area contributed by atoms with Crippen LogP contribution < -0.4 is 0 Å². The molecule has 0 aromatic rings. The third kappa shape index (κ3) is 2.08. The predicted octanol–water partition coefficient (Wildman–Crippen LogP) is 0.420. The van der Waals surface area contributed by atoms with Gasteiger partial charge >= 0.3 is 11.9 Å². The van der Waals surface area contributed by atoms with E-state index in [1.165, 1.54) is 19.1 Å². The molecule has 0 bridgehead atoms. The van der Waals surface area contributed by atoms with Crippen molar-refractivity contribution in [2.45, 2.75) is 26.1 Å². The number of carbonyl (C=O) groups is 2. The maximum absolute atomic E-state index is 10.7. The zero-order valence-electron chi connectivity index (χ0n) is 6.94. The van der Waals surface area contributed by atoms with Crippen molar-refractivity contribution in [3.8, 4) is 0 Å². The maximum atomic E-state index is 10.7. The summed E-state index contributed by atoms with van der Waals surface area (Å²) in [5.41, 5.74) is 0. The molecule has 4 heteroatoms. The topological polar surface area (TPSA) is 52.6 Å². The van der Waals surface area contributed by atoms with Crippen molar-refractivity contribution in [3.05, 3.63) is 12.2 Å². The molecule has 1 aliphatic heterocycles. The monoisotopic (exact) mass is 170 g/mol. The molecule has 0 aromatic carbocycles. The first kappa shape index (κ1) is 8.77. The van der Waals surface area contributed by atoms with Crippen molar-refractivity contribution in [3.63, 3.8) is 0 Å². The quantitative estimate of drug-likeness (QED) is 0.535. The Morgan fingerprint density at radius 1 is 1.67 bits per heavy atom. The molecule has 1 rings (SSSR count). The number of esters is 2. The summed E-state index contributed by atoms with van der Waals surface area (Å²) >= 11 is 0. The Bertz CT molecular complexity index is 231. The van der Waals surface area contributed by atoms with Gasteiger partial charge in [-0.3, -0.25) is 4.79 Å². The number of rotatable bonds is 1. The van der Waals surface area contributed by atoms with E-state index in [-0.39, 0.29) is 5.97 Å². The molecule has 0 amide bonds. The highest BCUT2D eigenvalue weighted by Gasteiger charge is 2.24. The van der Waals surface area contributed by atoms with Crippen LogP contribution in [0.1, 0.15) is 13.8 Å². The molecule has 1 aliphatic rings. The number of hydrogen-bond donors (Lipinski definition) is 0. The second kappa shape index (κ2) is 3.38. The summed E-state index contributed by atoms with van der Waals surface area (Å²) in [7, 11) is 0. The lowest BCUT2D eigenvalue weighted by Gasteiger charge is -2.23. The molecule has 0 spiro atoms. The van der Waals surface area contributed by atoms with E-state index in [1.54, 1.807) is 6.92 Å². The van der Waals surface area contributed by atoms with E-state index in [2.05, 4.69) is 0 Å². The van der Waals surface area contributed by atoms with E-state index in [0.717, 1.165) is 0 Å².